The van der Waals surface area contributed by atoms with Gasteiger partial charge in [-0.3, -0.25) is 0 Å². The molecule has 3 rings (SSSR count). The molecule has 0 aliphatic carbocycles. The van der Waals surface area contributed by atoms with Crippen LogP contribution in [0.15, 0.2) is 24.3 Å². The minimum absolute atomic E-state index is 0.107. The average molecular weight is 223 g/mol. The zero-order valence-electron chi connectivity index (χ0n) is 8.91. The highest BCUT2D eigenvalue weighted by Gasteiger charge is 2.49. The van der Waals surface area contributed by atoms with E-state index in [9.17, 15) is 4.39 Å². The molecule has 2 aliphatic heterocycles. The van der Waals surface area contributed by atoms with Gasteiger partial charge in [-0.05, 0) is 17.7 Å². The van der Waals surface area contributed by atoms with Gasteiger partial charge < -0.3 is 14.8 Å². The lowest BCUT2D eigenvalue weighted by Gasteiger charge is -2.49. The van der Waals surface area contributed by atoms with E-state index in [1.807, 2.05) is 12.1 Å². The molecule has 1 aromatic rings. The van der Waals surface area contributed by atoms with Crippen LogP contribution in [0, 0.1) is 5.82 Å². The first kappa shape index (κ1) is 10.2. The Balaban J connectivity index is 1.89. The van der Waals surface area contributed by atoms with Gasteiger partial charge in [-0.1, -0.05) is 12.1 Å². The summed E-state index contributed by atoms with van der Waals surface area (Å²) in [5.41, 5.74) is 0.820. The first-order valence-electron chi connectivity index (χ1n) is 5.51. The van der Waals surface area contributed by atoms with Gasteiger partial charge in [0.2, 0.25) is 0 Å². The van der Waals surface area contributed by atoms with Gasteiger partial charge in [0, 0.05) is 6.54 Å². The number of ether oxygens (including phenoxy) is 2. The predicted octanol–water partition coefficient (Wildman–Crippen LogP) is 1.26. The maximum absolute atomic E-state index is 12.9. The molecule has 1 aromatic carbocycles. The van der Waals surface area contributed by atoms with Crippen LogP contribution in [0.1, 0.15) is 11.6 Å². The molecule has 3 nitrogen and oxygen atoms in total. The lowest BCUT2D eigenvalue weighted by molar-refractivity contribution is -0.239. The summed E-state index contributed by atoms with van der Waals surface area (Å²) in [7, 11) is 0. The molecule has 0 saturated carbocycles. The predicted molar refractivity (Wildman–Crippen MR) is 56.6 cm³/mol. The van der Waals surface area contributed by atoms with Crippen molar-refractivity contribution < 1.29 is 13.9 Å². The van der Waals surface area contributed by atoms with Crippen molar-refractivity contribution in [3.63, 3.8) is 0 Å². The van der Waals surface area contributed by atoms with Crippen LogP contribution < -0.4 is 5.32 Å². The monoisotopic (exact) mass is 223 g/mol. The van der Waals surface area contributed by atoms with Crippen LogP contribution in [0.4, 0.5) is 4.39 Å². The SMILES string of the molecule is Fc1ccc(C2NCCOC23COC3)cc1. The van der Waals surface area contributed by atoms with Crippen LogP contribution in [0.5, 0.6) is 0 Å². The van der Waals surface area contributed by atoms with Gasteiger partial charge in [0.05, 0.1) is 25.9 Å². The van der Waals surface area contributed by atoms with E-state index in [0.29, 0.717) is 19.8 Å². The van der Waals surface area contributed by atoms with Gasteiger partial charge in [0.15, 0.2) is 0 Å². The number of benzene rings is 1. The Bertz CT molecular complexity index is 375. The van der Waals surface area contributed by atoms with E-state index in [4.69, 9.17) is 9.47 Å². The highest BCUT2D eigenvalue weighted by atomic mass is 19.1. The quantitative estimate of drug-likeness (QED) is 0.777. The van der Waals surface area contributed by atoms with E-state index in [0.717, 1.165) is 12.1 Å². The number of hydrogen-bond donors (Lipinski definition) is 1. The molecule has 16 heavy (non-hydrogen) atoms. The minimum Gasteiger partial charge on any atom is -0.375 e. The molecule has 86 valence electrons. The molecule has 2 heterocycles. The second-order valence-electron chi connectivity index (χ2n) is 4.34. The Hall–Kier alpha value is -0.970. The first-order valence-corrected chi connectivity index (χ1v) is 5.51. The summed E-state index contributed by atoms with van der Waals surface area (Å²) in [5.74, 6) is -0.209. The molecule has 4 heteroatoms. The fourth-order valence-corrected chi connectivity index (χ4v) is 2.36. The van der Waals surface area contributed by atoms with E-state index in [1.54, 1.807) is 0 Å². The Morgan fingerprint density at radius 3 is 2.62 bits per heavy atom. The van der Waals surface area contributed by atoms with Crippen molar-refractivity contribution in [3.8, 4) is 0 Å². The number of hydrogen-bond acceptors (Lipinski definition) is 3. The van der Waals surface area contributed by atoms with Gasteiger partial charge in [-0.15, -0.1) is 0 Å². The van der Waals surface area contributed by atoms with E-state index < -0.39 is 0 Å². The van der Waals surface area contributed by atoms with Crippen molar-refractivity contribution in [2.24, 2.45) is 0 Å². The second-order valence-corrected chi connectivity index (χ2v) is 4.34. The standard InChI is InChI=1S/C12H14FNO2/c13-10-3-1-9(2-4-10)11-12(7-15-8-12)16-6-5-14-11/h1-4,11,14H,5-8H2. The van der Waals surface area contributed by atoms with Gasteiger partial charge in [-0.2, -0.15) is 0 Å². The molecule has 2 saturated heterocycles. The minimum atomic E-state index is -0.240. The van der Waals surface area contributed by atoms with Gasteiger partial charge >= 0.3 is 0 Å². The molecule has 1 atom stereocenters. The van der Waals surface area contributed by atoms with Crippen molar-refractivity contribution in [3.05, 3.63) is 35.6 Å². The molecule has 2 aliphatic rings. The molecule has 0 radical (unpaired) electrons. The van der Waals surface area contributed by atoms with Gasteiger partial charge in [0.1, 0.15) is 11.4 Å². The fourth-order valence-electron chi connectivity index (χ4n) is 2.36. The molecule has 1 unspecified atom stereocenters. The van der Waals surface area contributed by atoms with Crippen molar-refractivity contribution in [2.75, 3.05) is 26.4 Å². The summed E-state index contributed by atoms with van der Waals surface area (Å²) in [6.07, 6.45) is 0. The summed E-state index contributed by atoms with van der Waals surface area (Å²) in [6.45, 7) is 2.76. The van der Waals surface area contributed by atoms with Crippen molar-refractivity contribution >= 4 is 0 Å². The third kappa shape index (κ3) is 1.54. The number of nitrogens with one attached hydrogen (secondary N) is 1. The summed E-state index contributed by atoms with van der Waals surface area (Å²) >= 11 is 0. The number of morpholine rings is 1. The van der Waals surface area contributed by atoms with Crippen LogP contribution in [0.3, 0.4) is 0 Å². The number of rotatable bonds is 1. The Morgan fingerprint density at radius 2 is 2.00 bits per heavy atom. The lowest BCUT2D eigenvalue weighted by Crippen LogP contribution is -2.63. The van der Waals surface area contributed by atoms with Crippen molar-refractivity contribution in [2.45, 2.75) is 11.6 Å². The van der Waals surface area contributed by atoms with Crippen LogP contribution in [0.2, 0.25) is 0 Å². The Labute approximate surface area is 93.6 Å². The molecule has 0 bridgehead atoms. The van der Waals surface area contributed by atoms with E-state index in [2.05, 4.69) is 5.32 Å². The average Bonchev–Trinajstić information content (AvgIpc) is 2.28. The smallest absolute Gasteiger partial charge is 0.134 e. The zero-order chi connectivity index (χ0) is 11.0. The van der Waals surface area contributed by atoms with Gasteiger partial charge in [0.25, 0.3) is 0 Å². The molecule has 1 N–H and O–H groups in total. The van der Waals surface area contributed by atoms with Gasteiger partial charge in [-0.25, -0.2) is 4.39 Å². The summed E-state index contributed by atoms with van der Waals surface area (Å²) in [4.78, 5) is 0. The molecular formula is C12H14FNO2. The highest BCUT2D eigenvalue weighted by Crippen LogP contribution is 2.37. The summed E-state index contributed by atoms with van der Waals surface area (Å²) < 4.78 is 23.9. The first-order chi connectivity index (χ1) is 7.80. The third-order valence-corrected chi connectivity index (χ3v) is 3.26. The lowest BCUT2D eigenvalue weighted by atomic mass is 9.85. The van der Waals surface area contributed by atoms with Crippen LogP contribution in [-0.4, -0.2) is 32.0 Å². The van der Waals surface area contributed by atoms with E-state index in [-0.39, 0.29) is 17.5 Å². The topological polar surface area (TPSA) is 30.5 Å². The zero-order valence-corrected chi connectivity index (χ0v) is 8.91. The summed E-state index contributed by atoms with van der Waals surface area (Å²) in [6, 6.07) is 6.69. The highest BCUT2D eigenvalue weighted by molar-refractivity contribution is 5.25. The van der Waals surface area contributed by atoms with Crippen LogP contribution in [-0.2, 0) is 9.47 Å². The van der Waals surface area contributed by atoms with Crippen molar-refractivity contribution in [1.29, 1.82) is 0 Å². The molecule has 1 spiro atoms. The molecule has 0 aromatic heterocycles. The fraction of sp³-hybridized carbons (Fsp3) is 0.500. The third-order valence-electron chi connectivity index (χ3n) is 3.26. The van der Waals surface area contributed by atoms with E-state index >= 15 is 0 Å². The normalized spacial score (nSPS) is 27.7. The maximum Gasteiger partial charge on any atom is 0.134 e. The molecule has 0 amide bonds. The maximum atomic E-state index is 12.9. The van der Waals surface area contributed by atoms with Crippen LogP contribution in [0.25, 0.3) is 0 Å². The van der Waals surface area contributed by atoms with Crippen molar-refractivity contribution in [1.82, 2.24) is 5.32 Å². The summed E-state index contributed by atoms with van der Waals surface area (Å²) in [5, 5.41) is 3.42. The van der Waals surface area contributed by atoms with E-state index in [1.165, 1.54) is 12.1 Å². The number of halogens is 1. The Morgan fingerprint density at radius 1 is 1.25 bits per heavy atom. The Kier molecular flexibility index (Phi) is 2.42. The second kappa shape index (κ2) is 3.80. The molecular weight excluding hydrogens is 209 g/mol. The molecule has 2 fully saturated rings. The largest absolute Gasteiger partial charge is 0.375 e. The van der Waals surface area contributed by atoms with Crippen LogP contribution >= 0.6 is 0 Å².